The molecule has 2 N–H and O–H groups in total. The lowest BCUT2D eigenvalue weighted by molar-refractivity contribution is 0.0940. The van der Waals surface area contributed by atoms with E-state index in [9.17, 15) is 4.79 Å². The predicted molar refractivity (Wildman–Crippen MR) is 103 cm³/mol. The number of hydrogen-bond donors (Lipinski definition) is 2. The molecule has 2 heterocycles. The average Bonchev–Trinajstić information content (AvgIpc) is 3.10. The molecule has 0 bridgehead atoms. The van der Waals surface area contributed by atoms with Gasteiger partial charge in [0.15, 0.2) is 5.69 Å². The Morgan fingerprint density at radius 3 is 2.62 bits per heavy atom. The van der Waals surface area contributed by atoms with E-state index in [1.807, 2.05) is 19.9 Å². The fourth-order valence-corrected chi connectivity index (χ4v) is 4.16. The van der Waals surface area contributed by atoms with Gasteiger partial charge in [-0.1, -0.05) is 48.3 Å². The monoisotopic (exact) mass is 395 g/mol. The second kappa shape index (κ2) is 7.94. The van der Waals surface area contributed by atoms with Crippen LogP contribution in [0.25, 0.3) is 0 Å². The first-order valence-corrected chi connectivity index (χ1v) is 9.49. The van der Waals surface area contributed by atoms with E-state index in [1.165, 1.54) is 0 Å². The summed E-state index contributed by atoms with van der Waals surface area (Å²) in [7, 11) is 0. The van der Waals surface area contributed by atoms with Crippen LogP contribution >= 0.6 is 23.2 Å². The van der Waals surface area contributed by atoms with Crippen molar-refractivity contribution in [3.8, 4) is 0 Å². The number of nitrogens with zero attached hydrogens (tertiary/aromatic N) is 3. The summed E-state index contributed by atoms with van der Waals surface area (Å²) in [5.74, 6) is -0.249. The van der Waals surface area contributed by atoms with E-state index in [1.54, 1.807) is 23.0 Å². The lowest BCUT2D eigenvalue weighted by Gasteiger charge is -2.27. The highest BCUT2D eigenvalue weighted by Gasteiger charge is 2.27. The Morgan fingerprint density at radius 2 is 1.96 bits per heavy atom. The summed E-state index contributed by atoms with van der Waals surface area (Å²) in [6, 6.07) is 5.71. The lowest BCUT2D eigenvalue weighted by atomic mass is 9.84. The number of aromatic nitrogens is 3. The van der Waals surface area contributed by atoms with Crippen molar-refractivity contribution in [1.29, 1.82) is 0 Å². The van der Waals surface area contributed by atoms with Crippen LogP contribution in [0.15, 0.2) is 24.4 Å². The molecule has 1 amide bonds. The molecule has 0 radical (unpaired) electrons. The molecule has 1 aromatic carbocycles. The number of amides is 1. The van der Waals surface area contributed by atoms with Crippen LogP contribution in [0.1, 0.15) is 48.8 Å². The Bertz CT molecular complexity index is 763. The van der Waals surface area contributed by atoms with Crippen molar-refractivity contribution in [2.24, 2.45) is 0 Å². The first-order valence-electron chi connectivity index (χ1n) is 8.74. The standard InChI is InChI=1S/C18H23Cl2N5O/c1-18(2,16-13(19)4-3-5-14(16)20)11-22-17(26)15-10-25(24-23-15)12-6-8-21-9-7-12/h3-5,10,12,21H,6-9,11H2,1-2H3,(H,22,26). The Kier molecular flexibility index (Phi) is 5.85. The van der Waals surface area contributed by atoms with Gasteiger partial charge in [-0.3, -0.25) is 4.79 Å². The van der Waals surface area contributed by atoms with Gasteiger partial charge in [-0.15, -0.1) is 5.10 Å². The van der Waals surface area contributed by atoms with E-state index < -0.39 is 5.41 Å². The Balaban J connectivity index is 1.66. The summed E-state index contributed by atoms with van der Waals surface area (Å²) < 4.78 is 1.80. The number of carbonyl (C=O) groups is 1. The maximum atomic E-state index is 12.5. The minimum atomic E-state index is -0.421. The molecule has 6 nitrogen and oxygen atoms in total. The van der Waals surface area contributed by atoms with Crippen LogP contribution in [0.3, 0.4) is 0 Å². The summed E-state index contributed by atoms with van der Waals surface area (Å²) in [6.07, 6.45) is 3.70. The van der Waals surface area contributed by atoms with Crippen LogP contribution in [0.5, 0.6) is 0 Å². The van der Waals surface area contributed by atoms with E-state index in [0.717, 1.165) is 31.5 Å². The van der Waals surface area contributed by atoms with Crippen LogP contribution in [0.4, 0.5) is 0 Å². The fraction of sp³-hybridized carbons (Fsp3) is 0.500. The van der Waals surface area contributed by atoms with Gasteiger partial charge in [-0.25, -0.2) is 4.68 Å². The molecule has 0 saturated carbocycles. The molecule has 3 rings (SSSR count). The van der Waals surface area contributed by atoms with Crippen molar-refractivity contribution in [2.75, 3.05) is 19.6 Å². The molecule has 140 valence electrons. The van der Waals surface area contributed by atoms with Crippen LogP contribution in [-0.4, -0.2) is 40.5 Å². The first kappa shape index (κ1) is 19.1. The van der Waals surface area contributed by atoms with E-state index in [0.29, 0.717) is 28.3 Å². The quantitative estimate of drug-likeness (QED) is 0.814. The van der Waals surface area contributed by atoms with Gasteiger partial charge in [0.05, 0.1) is 12.2 Å². The molecule has 0 spiro atoms. The molecule has 0 aliphatic carbocycles. The third-order valence-corrected chi connectivity index (χ3v) is 5.39. The SMILES string of the molecule is CC(C)(CNC(=O)c1cn(C2CCNCC2)nn1)c1c(Cl)cccc1Cl. The molecule has 26 heavy (non-hydrogen) atoms. The van der Waals surface area contributed by atoms with E-state index >= 15 is 0 Å². The second-order valence-electron chi connectivity index (χ2n) is 7.23. The van der Waals surface area contributed by atoms with Gasteiger partial charge in [0.1, 0.15) is 0 Å². The largest absolute Gasteiger partial charge is 0.350 e. The van der Waals surface area contributed by atoms with Crippen LogP contribution in [0, 0.1) is 0 Å². The molecule has 1 aliphatic heterocycles. The summed E-state index contributed by atoms with van der Waals surface area (Å²) in [5, 5.41) is 15.6. The predicted octanol–water partition coefficient (Wildman–Crippen LogP) is 3.22. The minimum Gasteiger partial charge on any atom is -0.350 e. The number of halogens is 2. The molecule has 1 fully saturated rings. The first-order chi connectivity index (χ1) is 12.4. The fourth-order valence-electron chi connectivity index (χ4n) is 3.26. The van der Waals surface area contributed by atoms with Crippen molar-refractivity contribution in [2.45, 2.75) is 38.1 Å². The molecule has 0 unspecified atom stereocenters. The number of rotatable bonds is 5. The third kappa shape index (κ3) is 4.19. The lowest BCUT2D eigenvalue weighted by Crippen LogP contribution is -2.37. The van der Waals surface area contributed by atoms with Gasteiger partial charge in [0, 0.05) is 22.0 Å². The third-order valence-electron chi connectivity index (χ3n) is 4.76. The highest BCUT2D eigenvalue weighted by Crippen LogP contribution is 2.35. The van der Waals surface area contributed by atoms with Crippen molar-refractivity contribution >= 4 is 29.1 Å². The number of piperidine rings is 1. The molecule has 1 aliphatic rings. The maximum absolute atomic E-state index is 12.5. The molecule has 1 saturated heterocycles. The molecule has 8 heteroatoms. The minimum absolute atomic E-state index is 0.249. The van der Waals surface area contributed by atoms with Gasteiger partial charge in [-0.2, -0.15) is 0 Å². The second-order valence-corrected chi connectivity index (χ2v) is 8.04. The highest BCUT2D eigenvalue weighted by molar-refractivity contribution is 6.36. The number of hydrogen-bond acceptors (Lipinski definition) is 4. The number of benzene rings is 1. The number of nitrogens with one attached hydrogen (secondary N) is 2. The molecular weight excluding hydrogens is 373 g/mol. The Hall–Kier alpha value is -1.63. The van der Waals surface area contributed by atoms with E-state index in [-0.39, 0.29) is 5.91 Å². The molecular formula is C18H23Cl2N5O. The zero-order valence-corrected chi connectivity index (χ0v) is 16.4. The average molecular weight is 396 g/mol. The Labute approximate surface area is 163 Å². The maximum Gasteiger partial charge on any atom is 0.273 e. The number of carbonyl (C=O) groups excluding carboxylic acids is 1. The molecule has 2 aromatic rings. The highest BCUT2D eigenvalue weighted by atomic mass is 35.5. The summed E-state index contributed by atoms with van der Waals surface area (Å²) >= 11 is 12.6. The Morgan fingerprint density at radius 1 is 1.31 bits per heavy atom. The zero-order chi connectivity index (χ0) is 18.7. The molecule has 1 aromatic heterocycles. The zero-order valence-electron chi connectivity index (χ0n) is 14.9. The van der Waals surface area contributed by atoms with Crippen molar-refractivity contribution in [3.63, 3.8) is 0 Å². The van der Waals surface area contributed by atoms with Gasteiger partial charge < -0.3 is 10.6 Å². The van der Waals surface area contributed by atoms with Crippen LogP contribution in [-0.2, 0) is 5.41 Å². The smallest absolute Gasteiger partial charge is 0.273 e. The van der Waals surface area contributed by atoms with E-state index in [4.69, 9.17) is 23.2 Å². The van der Waals surface area contributed by atoms with Gasteiger partial charge in [-0.05, 0) is 43.6 Å². The van der Waals surface area contributed by atoms with Crippen LogP contribution in [0.2, 0.25) is 10.0 Å². The van der Waals surface area contributed by atoms with Gasteiger partial charge >= 0.3 is 0 Å². The summed E-state index contributed by atoms with van der Waals surface area (Å²) in [6.45, 7) is 6.28. The van der Waals surface area contributed by atoms with Crippen molar-refractivity contribution in [1.82, 2.24) is 25.6 Å². The summed E-state index contributed by atoms with van der Waals surface area (Å²) in [4.78, 5) is 12.5. The normalized spacial score (nSPS) is 15.8. The van der Waals surface area contributed by atoms with Crippen molar-refractivity contribution < 1.29 is 4.79 Å². The van der Waals surface area contributed by atoms with Crippen molar-refractivity contribution in [3.05, 3.63) is 45.7 Å². The topological polar surface area (TPSA) is 71.8 Å². The van der Waals surface area contributed by atoms with Crippen LogP contribution < -0.4 is 10.6 Å². The van der Waals surface area contributed by atoms with Gasteiger partial charge in [0.25, 0.3) is 5.91 Å². The molecule has 0 atom stereocenters. The summed E-state index contributed by atoms with van der Waals surface area (Å²) in [5.41, 5.74) is 0.724. The van der Waals surface area contributed by atoms with E-state index in [2.05, 4.69) is 20.9 Å². The van der Waals surface area contributed by atoms with Gasteiger partial charge in [0.2, 0.25) is 0 Å².